The number of phenols is 1. The molecular weight excluding hydrogens is 234 g/mol. The average molecular weight is 251 g/mol. The highest BCUT2D eigenvalue weighted by molar-refractivity contribution is 5.98. The lowest BCUT2D eigenvalue weighted by Gasteiger charge is -2.23. The summed E-state index contributed by atoms with van der Waals surface area (Å²) in [6, 6.07) is 5.90. The number of phenolic OH excluding ortho intramolecular Hbond substituents is 1. The first-order chi connectivity index (χ1) is 8.45. The number of rotatable bonds is 5. The third-order valence-electron chi connectivity index (χ3n) is 2.75. The Morgan fingerprint density at radius 1 is 1.28 bits per heavy atom. The number of carbonyl (C=O) groups is 2. The van der Waals surface area contributed by atoms with Gasteiger partial charge in [0.2, 0.25) is 5.91 Å². The van der Waals surface area contributed by atoms with Crippen molar-refractivity contribution in [3.05, 3.63) is 24.3 Å². The largest absolute Gasteiger partial charge is 0.508 e. The van der Waals surface area contributed by atoms with Crippen molar-refractivity contribution in [3.63, 3.8) is 0 Å². The summed E-state index contributed by atoms with van der Waals surface area (Å²) in [5.74, 6) is -1.46. The third kappa shape index (κ3) is 3.48. The average Bonchev–Trinajstić information content (AvgIpc) is 2.35. The second kappa shape index (κ2) is 6.05. The van der Waals surface area contributed by atoms with E-state index in [0.717, 1.165) is 0 Å². The van der Waals surface area contributed by atoms with Gasteiger partial charge in [0.15, 0.2) is 0 Å². The first-order valence-electron chi connectivity index (χ1n) is 5.78. The zero-order valence-electron chi connectivity index (χ0n) is 10.5. The van der Waals surface area contributed by atoms with Gasteiger partial charge in [0, 0.05) is 11.6 Å². The van der Waals surface area contributed by atoms with Gasteiger partial charge in [0.1, 0.15) is 12.3 Å². The summed E-state index contributed by atoms with van der Waals surface area (Å²) in [5.41, 5.74) is 0.473. The quantitative estimate of drug-likeness (QED) is 0.837. The summed E-state index contributed by atoms with van der Waals surface area (Å²) in [7, 11) is 0. The summed E-state index contributed by atoms with van der Waals surface area (Å²) in [6.45, 7) is 3.25. The number of benzene rings is 1. The second-order valence-corrected chi connectivity index (χ2v) is 4.14. The molecule has 5 nitrogen and oxygen atoms in total. The number of amides is 1. The molecule has 1 rings (SSSR count). The molecule has 0 aliphatic heterocycles. The van der Waals surface area contributed by atoms with Crippen LogP contribution in [0.2, 0.25) is 0 Å². The van der Waals surface area contributed by atoms with Crippen LogP contribution < -0.4 is 4.90 Å². The third-order valence-corrected chi connectivity index (χ3v) is 2.75. The fourth-order valence-electron chi connectivity index (χ4n) is 1.50. The van der Waals surface area contributed by atoms with Gasteiger partial charge in [-0.3, -0.25) is 9.59 Å². The topological polar surface area (TPSA) is 77.8 Å². The Labute approximate surface area is 106 Å². The normalized spacial score (nSPS) is 11.9. The molecule has 1 aromatic carbocycles. The van der Waals surface area contributed by atoms with Crippen molar-refractivity contribution < 1.29 is 19.8 Å². The van der Waals surface area contributed by atoms with Gasteiger partial charge in [0.25, 0.3) is 0 Å². The summed E-state index contributed by atoms with van der Waals surface area (Å²) in [4.78, 5) is 24.1. The van der Waals surface area contributed by atoms with Crippen LogP contribution in [0.15, 0.2) is 24.3 Å². The van der Waals surface area contributed by atoms with Gasteiger partial charge in [-0.05, 0) is 30.7 Å². The van der Waals surface area contributed by atoms with Gasteiger partial charge >= 0.3 is 5.97 Å². The van der Waals surface area contributed by atoms with Crippen LogP contribution in [-0.2, 0) is 9.59 Å². The SMILES string of the molecule is CCC(C)C(=O)N(CC(=O)O)c1ccc(O)cc1. The molecule has 18 heavy (non-hydrogen) atoms. The lowest BCUT2D eigenvalue weighted by atomic mass is 10.1. The molecular formula is C13H17NO4. The number of carbonyl (C=O) groups excluding carboxylic acids is 1. The smallest absolute Gasteiger partial charge is 0.323 e. The Hall–Kier alpha value is -2.04. The lowest BCUT2D eigenvalue weighted by molar-refractivity contribution is -0.137. The maximum atomic E-state index is 12.1. The van der Waals surface area contributed by atoms with E-state index in [2.05, 4.69) is 0 Å². The van der Waals surface area contributed by atoms with Crippen LogP contribution in [0.5, 0.6) is 5.75 Å². The van der Waals surface area contributed by atoms with Gasteiger partial charge in [0.05, 0.1) is 0 Å². The number of aliphatic carboxylic acids is 1. The van der Waals surface area contributed by atoms with Crippen molar-refractivity contribution in [2.75, 3.05) is 11.4 Å². The van der Waals surface area contributed by atoms with Crippen molar-refractivity contribution in [2.45, 2.75) is 20.3 Å². The van der Waals surface area contributed by atoms with Crippen molar-refractivity contribution in [1.29, 1.82) is 0 Å². The lowest BCUT2D eigenvalue weighted by Crippen LogP contribution is -2.38. The second-order valence-electron chi connectivity index (χ2n) is 4.14. The predicted octanol–water partition coefficient (Wildman–Crippen LogP) is 1.86. The van der Waals surface area contributed by atoms with Gasteiger partial charge in [-0.25, -0.2) is 0 Å². The molecule has 0 aromatic heterocycles. The molecule has 1 atom stereocenters. The molecule has 0 heterocycles. The summed E-state index contributed by atoms with van der Waals surface area (Å²) in [5, 5.41) is 18.1. The molecule has 0 spiro atoms. The Morgan fingerprint density at radius 2 is 1.83 bits per heavy atom. The Morgan fingerprint density at radius 3 is 2.28 bits per heavy atom. The molecule has 0 radical (unpaired) electrons. The molecule has 2 N–H and O–H groups in total. The van der Waals surface area contributed by atoms with E-state index in [9.17, 15) is 14.7 Å². The van der Waals surface area contributed by atoms with E-state index in [1.54, 1.807) is 6.92 Å². The fraction of sp³-hybridized carbons (Fsp3) is 0.385. The number of aromatic hydroxyl groups is 1. The summed E-state index contributed by atoms with van der Waals surface area (Å²) in [6.07, 6.45) is 0.646. The van der Waals surface area contributed by atoms with Gasteiger partial charge in [-0.2, -0.15) is 0 Å². The standard InChI is InChI=1S/C13H17NO4/c1-3-9(2)13(18)14(8-12(16)17)10-4-6-11(15)7-5-10/h4-7,9,15H,3,8H2,1-2H3,(H,16,17). The van der Waals surface area contributed by atoms with Crippen LogP contribution in [0, 0.1) is 5.92 Å². The van der Waals surface area contributed by atoms with E-state index < -0.39 is 5.97 Å². The molecule has 0 bridgehead atoms. The van der Waals surface area contributed by atoms with Crippen molar-refractivity contribution >= 4 is 17.6 Å². The molecule has 1 amide bonds. The van der Waals surface area contributed by atoms with Gasteiger partial charge < -0.3 is 15.1 Å². The number of nitrogens with zero attached hydrogens (tertiary/aromatic N) is 1. The van der Waals surface area contributed by atoms with Crippen LogP contribution in [0.25, 0.3) is 0 Å². The van der Waals surface area contributed by atoms with E-state index in [1.165, 1.54) is 29.2 Å². The van der Waals surface area contributed by atoms with Crippen molar-refractivity contribution in [2.24, 2.45) is 5.92 Å². The van der Waals surface area contributed by atoms with Crippen LogP contribution in [0.1, 0.15) is 20.3 Å². The van der Waals surface area contributed by atoms with E-state index in [1.807, 2.05) is 6.92 Å². The van der Waals surface area contributed by atoms with E-state index in [0.29, 0.717) is 12.1 Å². The summed E-state index contributed by atoms with van der Waals surface area (Å²) < 4.78 is 0. The molecule has 0 aliphatic carbocycles. The highest BCUT2D eigenvalue weighted by Gasteiger charge is 2.22. The van der Waals surface area contributed by atoms with Gasteiger partial charge in [-0.15, -0.1) is 0 Å². The highest BCUT2D eigenvalue weighted by atomic mass is 16.4. The number of anilines is 1. The first kappa shape index (κ1) is 14.0. The van der Waals surface area contributed by atoms with Gasteiger partial charge in [-0.1, -0.05) is 13.8 Å². The number of hydrogen-bond donors (Lipinski definition) is 2. The van der Waals surface area contributed by atoms with E-state index >= 15 is 0 Å². The molecule has 0 fully saturated rings. The first-order valence-corrected chi connectivity index (χ1v) is 5.78. The number of hydrogen-bond acceptors (Lipinski definition) is 3. The fourth-order valence-corrected chi connectivity index (χ4v) is 1.50. The molecule has 0 saturated carbocycles. The molecule has 0 aliphatic rings. The van der Waals surface area contributed by atoms with Crippen molar-refractivity contribution in [1.82, 2.24) is 0 Å². The maximum absolute atomic E-state index is 12.1. The van der Waals surface area contributed by atoms with Crippen LogP contribution in [0.4, 0.5) is 5.69 Å². The zero-order chi connectivity index (χ0) is 13.7. The van der Waals surface area contributed by atoms with E-state index in [-0.39, 0.29) is 24.1 Å². The minimum atomic E-state index is -1.07. The Bertz CT molecular complexity index is 427. The summed E-state index contributed by atoms with van der Waals surface area (Å²) >= 11 is 0. The Balaban J connectivity index is 3.01. The zero-order valence-corrected chi connectivity index (χ0v) is 10.5. The van der Waals surface area contributed by atoms with Crippen LogP contribution >= 0.6 is 0 Å². The number of carboxylic acid groups (broad SMARTS) is 1. The predicted molar refractivity (Wildman–Crippen MR) is 67.6 cm³/mol. The molecule has 98 valence electrons. The van der Waals surface area contributed by atoms with Crippen molar-refractivity contribution in [3.8, 4) is 5.75 Å². The van der Waals surface area contributed by atoms with E-state index in [4.69, 9.17) is 5.11 Å². The van der Waals surface area contributed by atoms with Crippen LogP contribution in [-0.4, -0.2) is 28.6 Å². The van der Waals surface area contributed by atoms with Crippen LogP contribution in [0.3, 0.4) is 0 Å². The monoisotopic (exact) mass is 251 g/mol. The number of carboxylic acids is 1. The molecule has 0 saturated heterocycles. The molecule has 5 heteroatoms. The Kier molecular flexibility index (Phi) is 4.71. The molecule has 1 unspecified atom stereocenters. The minimum absolute atomic E-state index is 0.0741. The minimum Gasteiger partial charge on any atom is -0.508 e. The highest BCUT2D eigenvalue weighted by Crippen LogP contribution is 2.20. The molecule has 1 aromatic rings. The maximum Gasteiger partial charge on any atom is 0.323 e.